The minimum Gasteiger partial charge on any atom is -0.456 e. The van der Waals surface area contributed by atoms with Gasteiger partial charge in [0.15, 0.2) is 0 Å². The minimum atomic E-state index is -0.120. The highest BCUT2D eigenvalue weighted by Crippen LogP contribution is 2.53. The van der Waals surface area contributed by atoms with E-state index in [1.165, 1.54) is 44.5 Å². The van der Waals surface area contributed by atoms with Crippen LogP contribution in [0.15, 0.2) is 188 Å². The van der Waals surface area contributed by atoms with Crippen molar-refractivity contribution in [1.29, 1.82) is 0 Å². The third kappa shape index (κ3) is 5.10. The molecule has 2 heteroatoms. The van der Waals surface area contributed by atoms with Crippen LogP contribution in [0.3, 0.4) is 0 Å². The van der Waals surface area contributed by atoms with E-state index in [4.69, 9.17) is 4.74 Å². The Balaban J connectivity index is 1.14. The fourth-order valence-corrected chi connectivity index (χ4v) is 8.48. The second-order valence-electron chi connectivity index (χ2n) is 14.5. The first kappa shape index (κ1) is 31.1. The molecule has 0 unspecified atom stereocenters. The molecule has 0 aromatic heterocycles. The van der Waals surface area contributed by atoms with Gasteiger partial charge in [0.05, 0.1) is 0 Å². The molecule has 0 saturated heterocycles. The number of fused-ring (bicyclic) bond motifs is 8. The van der Waals surface area contributed by atoms with E-state index in [0.717, 1.165) is 50.8 Å². The Bertz CT molecular complexity index is 2660. The van der Waals surface area contributed by atoms with Crippen LogP contribution in [-0.4, -0.2) is 0 Å². The number of rotatable bonds is 5. The summed E-state index contributed by atoms with van der Waals surface area (Å²) < 4.78 is 7.01. The van der Waals surface area contributed by atoms with E-state index < -0.39 is 0 Å². The van der Waals surface area contributed by atoms with E-state index in [2.05, 4.69) is 207 Å². The lowest BCUT2D eigenvalue weighted by molar-refractivity contribution is 0.488. The van der Waals surface area contributed by atoms with Gasteiger partial charge in [-0.25, -0.2) is 0 Å². The number of anilines is 3. The standard InChI is InChI=1S/C51H37NO/c1-51(2)46-22-12-11-19-42(46)43-30-28-38(32-47(43)51)52(37-26-24-35(25-27-37)34-14-5-3-6-15-34)39-29-31-44-41-18-9-10-20-45(41)50-40(36-16-7-4-8-17-36)21-13-23-48(50)53-49(44)33-39/h3-33H,1-2H3. The number of nitrogens with zero attached hydrogens (tertiary/aromatic N) is 1. The fourth-order valence-electron chi connectivity index (χ4n) is 8.48. The molecule has 252 valence electrons. The van der Waals surface area contributed by atoms with Crippen molar-refractivity contribution in [1.82, 2.24) is 0 Å². The van der Waals surface area contributed by atoms with Crippen LogP contribution in [0.1, 0.15) is 25.0 Å². The molecule has 0 saturated carbocycles. The summed E-state index contributed by atoms with van der Waals surface area (Å²) >= 11 is 0. The molecule has 1 aliphatic carbocycles. The first-order valence-corrected chi connectivity index (χ1v) is 18.3. The molecular weight excluding hydrogens is 643 g/mol. The molecule has 1 aliphatic heterocycles. The van der Waals surface area contributed by atoms with Crippen LogP contribution in [0.25, 0.3) is 55.6 Å². The Morgan fingerprint density at radius 3 is 1.66 bits per heavy atom. The Labute approximate surface area is 311 Å². The van der Waals surface area contributed by atoms with Crippen molar-refractivity contribution >= 4 is 17.1 Å². The maximum atomic E-state index is 7.01. The quantitative estimate of drug-likeness (QED) is 0.180. The average Bonchev–Trinajstić information content (AvgIpc) is 3.34. The van der Waals surface area contributed by atoms with Crippen LogP contribution in [0.2, 0.25) is 0 Å². The Hall–Kier alpha value is -6.64. The smallest absolute Gasteiger partial charge is 0.137 e. The molecule has 10 rings (SSSR count). The third-order valence-corrected chi connectivity index (χ3v) is 11.1. The molecule has 2 aliphatic rings. The van der Waals surface area contributed by atoms with Crippen molar-refractivity contribution in [3.8, 4) is 67.1 Å². The van der Waals surface area contributed by atoms with Gasteiger partial charge in [0, 0.05) is 39.7 Å². The molecule has 1 heterocycles. The summed E-state index contributed by atoms with van der Waals surface area (Å²) in [5.74, 6) is 1.68. The van der Waals surface area contributed by atoms with Crippen molar-refractivity contribution < 1.29 is 4.74 Å². The van der Waals surface area contributed by atoms with Crippen molar-refractivity contribution in [2.24, 2.45) is 0 Å². The van der Waals surface area contributed by atoms with E-state index in [9.17, 15) is 0 Å². The van der Waals surface area contributed by atoms with Gasteiger partial charge in [-0.2, -0.15) is 0 Å². The van der Waals surface area contributed by atoms with Gasteiger partial charge in [0.25, 0.3) is 0 Å². The predicted octanol–water partition coefficient (Wildman–Crippen LogP) is 14.2. The molecule has 0 atom stereocenters. The van der Waals surface area contributed by atoms with Gasteiger partial charge in [-0.1, -0.05) is 153 Å². The van der Waals surface area contributed by atoms with E-state index in [1.54, 1.807) is 0 Å². The zero-order valence-corrected chi connectivity index (χ0v) is 29.8. The maximum absolute atomic E-state index is 7.01. The molecule has 0 amide bonds. The van der Waals surface area contributed by atoms with Crippen LogP contribution in [0.5, 0.6) is 11.5 Å². The van der Waals surface area contributed by atoms with Crippen LogP contribution in [0, 0.1) is 0 Å². The minimum absolute atomic E-state index is 0.120. The summed E-state index contributed by atoms with van der Waals surface area (Å²) in [5.41, 5.74) is 17.7. The largest absolute Gasteiger partial charge is 0.456 e. The van der Waals surface area contributed by atoms with E-state index in [-0.39, 0.29) is 5.41 Å². The second kappa shape index (κ2) is 12.3. The zero-order valence-electron chi connectivity index (χ0n) is 29.8. The Morgan fingerprint density at radius 1 is 0.358 bits per heavy atom. The van der Waals surface area contributed by atoms with Gasteiger partial charge in [-0.05, 0) is 98.1 Å². The zero-order chi connectivity index (χ0) is 35.5. The molecule has 53 heavy (non-hydrogen) atoms. The van der Waals surface area contributed by atoms with Gasteiger partial charge >= 0.3 is 0 Å². The predicted molar refractivity (Wildman–Crippen MR) is 221 cm³/mol. The summed E-state index contributed by atoms with van der Waals surface area (Å²) in [6, 6.07) is 67.7. The Kier molecular flexibility index (Phi) is 7.19. The van der Waals surface area contributed by atoms with Crippen LogP contribution in [0.4, 0.5) is 17.1 Å². The summed E-state index contributed by atoms with van der Waals surface area (Å²) in [6.45, 7) is 4.69. The number of hydrogen-bond donors (Lipinski definition) is 0. The first-order chi connectivity index (χ1) is 26.0. The molecule has 0 radical (unpaired) electrons. The fraction of sp³-hybridized carbons (Fsp3) is 0.0588. The summed E-state index contributed by atoms with van der Waals surface area (Å²) in [5, 5.41) is 0. The number of benzene rings is 8. The lowest BCUT2D eigenvalue weighted by Crippen LogP contribution is -2.16. The van der Waals surface area contributed by atoms with E-state index >= 15 is 0 Å². The molecule has 0 spiro atoms. The van der Waals surface area contributed by atoms with Crippen molar-refractivity contribution in [2.45, 2.75) is 19.3 Å². The monoisotopic (exact) mass is 679 g/mol. The SMILES string of the molecule is CC1(C)c2ccccc2-c2ccc(N(c3ccc(-c4ccccc4)cc3)c3ccc4c(c3)Oc3cccc(-c5ccccc5)c3-c3ccccc3-4)cc21. The first-order valence-electron chi connectivity index (χ1n) is 18.3. The lowest BCUT2D eigenvalue weighted by Gasteiger charge is -2.29. The van der Waals surface area contributed by atoms with Crippen LogP contribution >= 0.6 is 0 Å². The highest BCUT2D eigenvalue weighted by Gasteiger charge is 2.36. The maximum Gasteiger partial charge on any atom is 0.137 e. The molecule has 8 aromatic carbocycles. The van der Waals surface area contributed by atoms with Crippen LogP contribution in [-0.2, 0) is 5.41 Å². The van der Waals surface area contributed by atoms with E-state index in [0.29, 0.717) is 0 Å². The molecule has 0 bridgehead atoms. The van der Waals surface area contributed by atoms with Crippen LogP contribution < -0.4 is 9.64 Å². The van der Waals surface area contributed by atoms with Gasteiger partial charge in [-0.15, -0.1) is 0 Å². The number of ether oxygens (including phenoxy) is 1. The van der Waals surface area contributed by atoms with Gasteiger partial charge in [0.1, 0.15) is 11.5 Å². The second-order valence-corrected chi connectivity index (χ2v) is 14.5. The highest BCUT2D eigenvalue weighted by atomic mass is 16.5. The normalized spacial score (nSPS) is 13.0. The molecule has 0 fully saturated rings. The molecule has 2 nitrogen and oxygen atoms in total. The number of hydrogen-bond acceptors (Lipinski definition) is 2. The molecular formula is C51H37NO. The average molecular weight is 680 g/mol. The topological polar surface area (TPSA) is 12.5 Å². The highest BCUT2D eigenvalue weighted by molar-refractivity contribution is 5.98. The van der Waals surface area contributed by atoms with Crippen molar-refractivity contribution in [3.63, 3.8) is 0 Å². The van der Waals surface area contributed by atoms with Crippen molar-refractivity contribution in [2.75, 3.05) is 4.90 Å². The molecule has 8 aromatic rings. The summed E-state index contributed by atoms with van der Waals surface area (Å²) in [6.07, 6.45) is 0. The Morgan fingerprint density at radius 2 is 0.906 bits per heavy atom. The summed E-state index contributed by atoms with van der Waals surface area (Å²) in [7, 11) is 0. The summed E-state index contributed by atoms with van der Waals surface area (Å²) in [4.78, 5) is 2.37. The molecule has 0 N–H and O–H groups in total. The van der Waals surface area contributed by atoms with Gasteiger partial charge in [0.2, 0.25) is 0 Å². The van der Waals surface area contributed by atoms with Gasteiger partial charge in [-0.3, -0.25) is 0 Å². The van der Waals surface area contributed by atoms with E-state index in [1.807, 2.05) is 0 Å². The van der Waals surface area contributed by atoms with Gasteiger partial charge < -0.3 is 9.64 Å². The third-order valence-electron chi connectivity index (χ3n) is 11.1. The lowest BCUT2D eigenvalue weighted by atomic mass is 9.82. The van der Waals surface area contributed by atoms with Crippen molar-refractivity contribution in [3.05, 3.63) is 199 Å².